The van der Waals surface area contributed by atoms with Crippen LogP contribution in [0.1, 0.15) is 32.1 Å². The smallest absolute Gasteiger partial charge is 0.305 e. The summed E-state index contributed by atoms with van der Waals surface area (Å²) < 4.78 is 5.41. The molecule has 0 saturated heterocycles. The van der Waals surface area contributed by atoms with Crippen molar-refractivity contribution >= 4 is 39.2 Å². The molecule has 0 spiro atoms. The zero-order valence-corrected chi connectivity index (χ0v) is 13.0. The first kappa shape index (κ1) is 16.5. The third-order valence-electron chi connectivity index (χ3n) is 2.80. The van der Waals surface area contributed by atoms with Gasteiger partial charge in [-0.2, -0.15) is 0 Å². The molecule has 1 aromatic carbocycles. The van der Waals surface area contributed by atoms with Crippen molar-refractivity contribution in [3.8, 4) is 0 Å². The second kappa shape index (κ2) is 8.58. The van der Waals surface area contributed by atoms with E-state index in [1.54, 1.807) is 12.1 Å². The van der Waals surface area contributed by atoms with E-state index in [-0.39, 0.29) is 11.9 Å². The number of unbranched alkanes of at least 4 members (excludes halogenated alkanes) is 2. The number of esters is 1. The van der Waals surface area contributed by atoms with Crippen LogP contribution in [0.15, 0.2) is 22.7 Å². The van der Waals surface area contributed by atoms with Crippen LogP contribution in [0.2, 0.25) is 0 Å². The molecule has 1 amide bonds. The number of nitrogens with one attached hydrogen (secondary N) is 1. The number of nitrogen functional groups attached to an aromatic ring is 1. The number of benzene rings is 1. The number of hydrogen-bond donors (Lipinski definition) is 2. The highest BCUT2D eigenvalue weighted by Gasteiger charge is 2.06. The predicted molar refractivity (Wildman–Crippen MR) is 82.3 cm³/mol. The van der Waals surface area contributed by atoms with Gasteiger partial charge in [0.15, 0.2) is 0 Å². The first-order chi connectivity index (χ1) is 9.52. The van der Waals surface area contributed by atoms with E-state index in [0.29, 0.717) is 24.2 Å². The van der Waals surface area contributed by atoms with Gasteiger partial charge in [0.05, 0.1) is 18.5 Å². The summed E-state index contributed by atoms with van der Waals surface area (Å²) >= 11 is 3.33. The maximum Gasteiger partial charge on any atom is 0.305 e. The molecular weight excluding hydrogens is 324 g/mol. The molecule has 0 aliphatic carbocycles. The van der Waals surface area contributed by atoms with Crippen molar-refractivity contribution in [3.63, 3.8) is 0 Å². The Bertz CT molecular complexity index is 477. The van der Waals surface area contributed by atoms with E-state index in [2.05, 4.69) is 26.0 Å². The maximum atomic E-state index is 11.8. The van der Waals surface area contributed by atoms with Crippen molar-refractivity contribution in [1.82, 2.24) is 0 Å². The Balaban J connectivity index is 2.27. The van der Waals surface area contributed by atoms with E-state index in [9.17, 15) is 9.59 Å². The lowest BCUT2D eigenvalue weighted by Crippen LogP contribution is -2.12. The van der Waals surface area contributed by atoms with E-state index in [1.807, 2.05) is 6.07 Å². The molecule has 3 N–H and O–H groups in total. The van der Waals surface area contributed by atoms with Gasteiger partial charge in [-0.05, 0) is 31.0 Å². The van der Waals surface area contributed by atoms with Crippen LogP contribution >= 0.6 is 15.9 Å². The van der Waals surface area contributed by atoms with Crippen LogP contribution < -0.4 is 11.1 Å². The number of anilines is 2. The van der Waals surface area contributed by atoms with Crippen LogP contribution in [0.25, 0.3) is 0 Å². The van der Waals surface area contributed by atoms with Crippen LogP contribution in [0, 0.1) is 0 Å². The lowest BCUT2D eigenvalue weighted by molar-refractivity contribution is -0.140. The molecule has 0 aromatic heterocycles. The third-order valence-corrected chi connectivity index (χ3v) is 3.30. The second-order valence-corrected chi connectivity index (χ2v) is 5.33. The average molecular weight is 343 g/mol. The minimum atomic E-state index is -0.212. The normalized spacial score (nSPS) is 10.1. The minimum absolute atomic E-state index is 0.0760. The van der Waals surface area contributed by atoms with Gasteiger partial charge in [0.1, 0.15) is 0 Å². The van der Waals surface area contributed by atoms with Gasteiger partial charge in [-0.1, -0.05) is 22.4 Å². The summed E-state index contributed by atoms with van der Waals surface area (Å²) in [5.41, 5.74) is 6.92. The topological polar surface area (TPSA) is 81.4 Å². The molecule has 110 valence electrons. The summed E-state index contributed by atoms with van der Waals surface area (Å²) in [5.74, 6) is -0.288. The first-order valence-corrected chi connectivity index (χ1v) is 7.24. The van der Waals surface area contributed by atoms with Crippen molar-refractivity contribution in [3.05, 3.63) is 22.7 Å². The highest BCUT2D eigenvalue weighted by Crippen LogP contribution is 2.23. The number of rotatable bonds is 7. The highest BCUT2D eigenvalue weighted by molar-refractivity contribution is 9.10. The van der Waals surface area contributed by atoms with E-state index < -0.39 is 0 Å². The number of carbonyl (C=O) groups is 2. The molecular formula is C14H19BrN2O3. The fraction of sp³-hybridized carbons (Fsp3) is 0.429. The Kier molecular flexibility index (Phi) is 7.08. The number of hydrogen-bond acceptors (Lipinski definition) is 4. The largest absolute Gasteiger partial charge is 0.469 e. The molecule has 1 aromatic rings. The Morgan fingerprint density at radius 1 is 1.25 bits per heavy atom. The summed E-state index contributed by atoms with van der Waals surface area (Å²) in [5, 5.41) is 2.78. The predicted octanol–water partition coefficient (Wildman–Crippen LogP) is 3.09. The molecule has 0 atom stereocenters. The fourth-order valence-electron chi connectivity index (χ4n) is 1.68. The molecule has 0 heterocycles. The molecule has 6 heteroatoms. The summed E-state index contributed by atoms with van der Waals surface area (Å²) in [6.45, 7) is 0. The SMILES string of the molecule is COC(=O)CCCCCC(=O)Nc1cc(Br)ccc1N. The van der Waals surface area contributed by atoms with Gasteiger partial charge < -0.3 is 15.8 Å². The van der Waals surface area contributed by atoms with Crippen molar-refractivity contribution < 1.29 is 14.3 Å². The van der Waals surface area contributed by atoms with Gasteiger partial charge in [-0.3, -0.25) is 9.59 Å². The third kappa shape index (κ3) is 6.06. The quantitative estimate of drug-likeness (QED) is 0.453. The second-order valence-electron chi connectivity index (χ2n) is 4.42. The van der Waals surface area contributed by atoms with Crippen molar-refractivity contribution in [2.45, 2.75) is 32.1 Å². The van der Waals surface area contributed by atoms with E-state index >= 15 is 0 Å². The van der Waals surface area contributed by atoms with Gasteiger partial charge in [0.2, 0.25) is 5.91 Å². The minimum Gasteiger partial charge on any atom is -0.469 e. The van der Waals surface area contributed by atoms with Gasteiger partial charge in [0.25, 0.3) is 0 Å². The number of ether oxygens (including phenoxy) is 1. The molecule has 0 unspecified atom stereocenters. The zero-order chi connectivity index (χ0) is 15.0. The molecule has 0 aliphatic rings. The standard InChI is InChI=1S/C14H19BrN2O3/c1-20-14(19)6-4-2-3-5-13(18)17-12-9-10(15)7-8-11(12)16/h7-9H,2-6,16H2,1H3,(H,17,18). The monoisotopic (exact) mass is 342 g/mol. The summed E-state index contributed by atoms with van der Waals surface area (Å²) in [4.78, 5) is 22.7. The number of methoxy groups -OCH3 is 1. The Hall–Kier alpha value is -1.56. The first-order valence-electron chi connectivity index (χ1n) is 6.44. The molecule has 0 fully saturated rings. The van der Waals surface area contributed by atoms with E-state index in [0.717, 1.165) is 23.7 Å². The molecule has 0 bridgehead atoms. The molecule has 5 nitrogen and oxygen atoms in total. The lowest BCUT2D eigenvalue weighted by Gasteiger charge is -2.08. The summed E-state index contributed by atoms with van der Waals surface area (Å²) in [6.07, 6.45) is 3.09. The van der Waals surface area contributed by atoms with Crippen LogP contribution in [-0.2, 0) is 14.3 Å². The summed E-state index contributed by atoms with van der Waals surface area (Å²) in [6, 6.07) is 5.32. The molecule has 1 rings (SSSR count). The Labute approximate surface area is 127 Å². The average Bonchev–Trinajstić information content (AvgIpc) is 2.42. The summed E-state index contributed by atoms with van der Waals surface area (Å²) in [7, 11) is 1.37. The molecule has 0 saturated carbocycles. The molecule has 20 heavy (non-hydrogen) atoms. The van der Waals surface area contributed by atoms with Crippen LogP contribution in [0.3, 0.4) is 0 Å². The van der Waals surface area contributed by atoms with Crippen LogP contribution in [0.4, 0.5) is 11.4 Å². The van der Waals surface area contributed by atoms with Crippen LogP contribution in [-0.4, -0.2) is 19.0 Å². The number of amides is 1. The van der Waals surface area contributed by atoms with Gasteiger partial charge in [-0.25, -0.2) is 0 Å². The zero-order valence-electron chi connectivity index (χ0n) is 11.4. The van der Waals surface area contributed by atoms with Crippen LogP contribution in [0.5, 0.6) is 0 Å². The highest BCUT2D eigenvalue weighted by atomic mass is 79.9. The van der Waals surface area contributed by atoms with Crippen molar-refractivity contribution in [2.24, 2.45) is 0 Å². The van der Waals surface area contributed by atoms with Gasteiger partial charge >= 0.3 is 5.97 Å². The number of halogens is 1. The Morgan fingerprint density at radius 2 is 1.95 bits per heavy atom. The van der Waals surface area contributed by atoms with Crippen molar-refractivity contribution in [1.29, 1.82) is 0 Å². The number of nitrogens with two attached hydrogens (primary N) is 1. The number of carbonyl (C=O) groups excluding carboxylic acids is 2. The molecule has 0 radical (unpaired) electrons. The lowest BCUT2D eigenvalue weighted by atomic mass is 10.1. The molecule has 0 aliphatic heterocycles. The van der Waals surface area contributed by atoms with Gasteiger partial charge in [0, 0.05) is 17.3 Å². The maximum absolute atomic E-state index is 11.8. The van der Waals surface area contributed by atoms with Crippen molar-refractivity contribution in [2.75, 3.05) is 18.2 Å². The van der Waals surface area contributed by atoms with Gasteiger partial charge in [-0.15, -0.1) is 0 Å². The fourth-order valence-corrected chi connectivity index (χ4v) is 2.04. The Morgan fingerprint density at radius 3 is 2.65 bits per heavy atom. The van der Waals surface area contributed by atoms with E-state index in [4.69, 9.17) is 5.73 Å². The van der Waals surface area contributed by atoms with E-state index in [1.165, 1.54) is 7.11 Å².